The first-order chi connectivity index (χ1) is 20.0. The molecule has 5 aliphatic rings. The second kappa shape index (κ2) is 10.9. The second-order valence-electron chi connectivity index (χ2n) is 13.8. The predicted octanol–water partition coefficient (Wildman–Crippen LogP) is 0.808. The largest absolute Gasteiger partial charge is 0.431 e. The van der Waals surface area contributed by atoms with Crippen LogP contribution in [0.2, 0.25) is 0 Å². The Kier molecular flexibility index (Phi) is 7.93. The van der Waals surface area contributed by atoms with E-state index in [1.54, 1.807) is 13.4 Å². The molecule has 13 atom stereocenters. The first-order valence-electron chi connectivity index (χ1n) is 15.4. The van der Waals surface area contributed by atoms with Crippen LogP contribution in [0.4, 0.5) is 0 Å². The maximum atomic E-state index is 12.3. The van der Waals surface area contributed by atoms with Gasteiger partial charge in [0.25, 0.3) is 0 Å². The molecule has 11 nitrogen and oxygen atoms in total. The summed E-state index contributed by atoms with van der Waals surface area (Å²) in [6.07, 6.45) is 0.0216. The molecule has 236 valence electrons. The van der Waals surface area contributed by atoms with Gasteiger partial charge in [0.15, 0.2) is 6.29 Å². The lowest BCUT2D eigenvalue weighted by Gasteiger charge is -2.67. The van der Waals surface area contributed by atoms with Crippen LogP contribution in [0.25, 0.3) is 0 Å². The van der Waals surface area contributed by atoms with Crippen molar-refractivity contribution in [2.45, 2.75) is 119 Å². The lowest BCUT2D eigenvalue weighted by Crippen LogP contribution is -2.69. The van der Waals surface area contributed by atoms with Crippen LogP contribution in [0.5, 0.6) is 0 Å². The van der Waals surface area contributed by atoms with E-state index in [0.717, 1.165) is 37.7 Å². The van der Waals surface area contributed by atoms with Crippen molar-refractivity contribution in [3.63, 3.8) is 0 Å². The Morgan fingerprint density at radius 3 is 2.38 bits per heavy atom. The zero-order chi connectivity index (χ0) is 30.1. The molecule has 0 aromatic carbocycles. The fourth-order valence-electron chi connectivity index (χ4n) is 10.4. The third-order valence-corrected chi connectivity index (χ3v) is 12.5. The molecule has 0 radical (unpaired) electrons. The van der Waals surface area contributed by atoms with Crippen LogP contribution in [0, 0.1) is 22.7 Å². The van der Waals surface area contributed by atoms with Crippen LogP contribution >= 0.6 is 0 Å². The molecule has 42 heavy (non-hydrogen) atoms. The standard InChI is InChI=1S/C31H46O11/c1-28-9-6-20-21(31(28,39-2)12-8-19(28)17-3-4-23(34)40-15-17)7-11-30(38)13-18(5-10-29(20,30)16-33)41-27-26(37)25(36)24(35)22(14-32)42-27/h3-4,15,18-22,24-27,32-33,35-38H,5-14,16H2,1-2H3/t18-,19+,20-,21+,22+,24+,25-,26+,27?,28+,29-,30?,31-/m0/s1. The SMILES string of the molecule is CO[C@]12CC[C@H](c3ccc(=O)oc3)[C@@]1(C)CC[C@H]1[C@H]2CCC2(O)C[C@@H](OC3O[C@H](CO)[C@@H](O)[C@H](O)[C@H]3O)CC[C@]12CO. The molecule has 1 aliphatic heterocycles. The van der Waals surface area contributed by atoms with Gasteiger partial charge in [0, 0.05) is 30.4 Å². The summed E-state index contributed by atoms with van der Waals surface area (Å²) in [5.41, 5.74) is -2.00. The first-order valence-corrected chi connectivity index (χ1v) is 15.4. The molecule has 4 aliphatic carbocycles. The Bertz CT molecular complexity index is 1170. The minimum Gasteiger partial charge on any atom is -0.431 e. The van der Waals surface area contributed by atoms with Crippen LogP contribution in [-0.4, -0.2) is 99.0 Å². The predicted molar refractivity (Wildman–Crippen MR) is 147 cm³/mol. The van der Waals surface area contributed by atoms with Gasteiger partial charge in [-0.25, -0.2) is 4.79 Å². The summed E-state index contributed by atoms with van der Waals surface area (Å²) in [4.78, 5) is 11.6. The van der Waals surface area contributed by atoms with Gasteiger partial charge in [0.05, 0.1) is 36.8 Å². The molecule has 1 saturated heterocycles. The van der Waals surface area contributed by atoms with Crippen LogP contribution in [-0.2, 0) is 14.2 Å². The number of hydrogen-bond acceptors (Lipinski definition) is 11. The molecule has 0 amide bonds. The molecule has 11 heteroatoms. The van der Waals surface area contributed by atoms with E-state index in [4.69, 9.17) is 18.6 Å². The summed E-state index contributed by atoms with van der Waals surface area (Å²) in [7, 11) is 1.78. The molecule has 6 rings (SSSR count). The van der Waals surface area contributed by atoms with Crippen LogP contribution in [0.1, 0.15) is 76.2 Å². The Labute approximate surface area is 245 Å². The van der Waals surface area contributed by atoms with Gasteiger partial charge in [-0.1, -0.05) is 6.92 Å². The molecule has 2 unspecified atom stereocenters. The highest BCUT2D eigenvalue weighted by molar-refractivity contribution is 5.28. The zero-order valence-electron chi connectivity index (χ0n) is 24.4. The van der Waals surface area contributed by atoms with Gasteiger partial charge in [-0.05, 0) is 80.8 Å². The fraction of sp³-hybridized carbons (Fsp3) is 0.839. The maximum Gasteiger partial charge on any atom is 0.335 e. The summed E-state index contributed by atoms with van der Waals surface area (Å²) in [5, 5.41) is 63.7. The molecule has 5 fully saturated rings. The van der Waals surface area contributed by atoms with E-state index in [1.807, 2.05) is 6.07 Å². The third-order valence-electron chi connectivity index (χ3n) is 12.5. The fourth-order valence-corrected chi connectivity index (χ4v) is 10.4. The summed E-state index contributed by atoms with van der Waals surface area (Å²) < 4.78 is 23.4. The first kappa shape index (κ1) is 30.6. The summed E-state index contributed by atoms with van der Waals surface area (Å²) in [6, 6.07) is 3.34. The van der Waals surface area contributed by atoms with Crippen molar-refractivity contribution in [1.82, 2.24) is 0 Å². The Morgan fingerprint density at radius 2 is 1.71 bits per heavy atom. The van der Waals surface area contributed by atoms with E-state index in [2.05, 4.69) is 6.92 Å². The van der Waals surface area contributed by atoms with Gasteiger partial charge in [0.1, 0.15) is 24.4 Å². The Morgan fingerprint density at radius 1 is 0.952 bits per heavy atom. The van der Waals surface area contributed by atoms with Gasteiger partial charge in [-0.2, -0.15) is 0 Å². The lowest BCUT2D eigenvalue weighted by molar-refractivity contribution is -0.327. The van der Waals surface area contributed by atoms with E-state index in [9.17, 15) is 35.4 Å². The zero-order valence-corrected chi connectivity index (χ0v) is 24.4. The maximum absolute atomic E-state index is 12.3. The number of ether oxygens (including phenoxy) is 3. The van der Waals surface area contributed by atoms with Gasteiger partial charge in [-0.15, -0.1) is 0 Å². The number of rotatable bonds is 6. The summed E-state index contributed by atoms with van der Waals surface area (Å²) in [5.74, 6) is 0.309. The molecule has 1 aromatic heterocycles. The van der Waals surface area contributed by atoms with E-state index in [1.165, 1.54) is 6.07 Å². The number of hydrogen-bond donors (Lipinski definition) is 6. The van der Waals surface area contributed by atoms with Crippen LogP contribution in [0.3, 0.4) is 0 Å². The summed E-state index contributed by atoms with van der Waals surface area (Å²) >= 11 is 0. The third kappa shape index (κ3) is 4.23. The highest BCUT2D eigenvalue weighted by Crippen LogP contribution is 2.72. The monoisotopic (exact) mass is 594 g/mol. The molecular weight excluding hydrogens is 548 g/mol. The van der Waals surface area contributed by atoms with E-state index < -0.39 is 60.0 Å². The van der Waals surface area contributed by atoms with E-state index in [-0.39, 0.29) is 41.8 Å². The topological polar surface area (TPSA) is 179 Å². The number of fused-ring (bicyclic) bond motifs is 5. The minimum absolute atomic E-state index is 0.0231. The quantitative estimate of drug-likeness (QED) is 0.257. The molecule has 4 saturated carbocycles. The number of methoxy groups -OCH3 is 1. The number of aliphatic hydroxyl groups excluding tert-OH is 5. The number of aliphatic hydroxyl groups is 6. The van der Waals surface area contributed by atoms with Crippen LogP contribution < -0.4 is 5.63 Å². The minimum atomic E-state index is -1.54. The van der Waals surface area contributed by atoms with Crippen molar-refractivity contribution in [3.8, 4) is 0 Å². The Hall–Kier alpha value is -1.41. The normalized spacial score (nSPS) is 50.5. The van der Waals surface area contributed by atoms with Gasteiger partial charge in [-0.3, -0.25) is 0 Å². The highest BCUT2D eigenvalue weighted by atomic mass is 16.7. The van der Waals surface area contributed by atoms with Crippen molar-refractivity contribution in [1.29, 1.82) is 0 Å². The lowest BCUT2D eigenvalue weighted by atomic mass is 9.41. The molecule has 0 spiro atoms. The van der Waals surface area contributed by atoms with E-state index in [0.29, 0.717) is 19.3 Å². The molecule has 0 bridgehead atoms. The van der Waals surface area contributed by atoms with Crippen molar-refractivity contribution in [3.05, 3.63) is 34.4 Å². The Balaban J connectivity index is 1.24. The smallest absolute Gasteiger partial charge is 0.335 e. The van der Waals surface area contributed by atoms with Gasteiger partial charge in [0.2, 0.25) is 0 Å². The summed E-state index contributed by atoms with van der Waals surface area (Å²) in [6.45, 7) is 1.57. The second-order valence-corrected chi connectivity index (χ2v) is 13.8. The van der Waals surface area contributed by atoms with E-state index >= 15 is 0 Å². The average molecular weight is 595 g/mol. The molecular formula is C31H46O11. The van der Waals surface area contributed by atoms with Gasteiger partial charge >= 0.3 is 5.63 Å². The molecule has 6 N–H and O–H groups in total. The van der Waals surface area contributed by atoms with Crippen molar-refractivity contribution < 1.29 is 49.3 Å². The highest BCUT2D eigenvalue weighted by Gasteiger charge is 2.72. The molecule has 2 heterocycles. The van der Waals surface area contributed by atoms with Crippen LogP contribution in [0.15, 0.2) is 27.6 Å². The van der Waals surface area contributed by atoms with Crippen molar-refractivity contribution in [2.75, 3.05) is 20.3 Å². The van der Waals surface area contributed by atoms with Gasteiger partial charge < -0.3 is 49.3 Å². The average Bonchev–Trinajstić information content (AvgIpc) is 3.30. The van der Waals surface area contributed by atoms with Crippen molar-refractivity contribution in [2.24, 2.45) is 22.7 Å². The molecule has 1 aromatic rings. The van der Waals surface area contributed by atoms with Crippen molar-refractivity contribution >= 4 is 0 Å².